The molecule has 0 unspecified atom stereocenters. The van der Waals surface area contributed by atoms with Gasteiger partial charge in [-0.2, -0.15) is 0 Å². The van der Waals surface area contributed by atoms with Gasteiger partial charge in [0, 0.05) is 27.6 Å². The topological polar surface area (TPSA) is 55.4 Å². The molecule has 158 valence electrons. The summed E-state index contributed by atoms with van der Waals surface area (Å²) in [6, 6.07) is 22.6. The Hall–Kier alpha value is -2.66. The van der Waals surface area contributed by atoms with Crippen LogP contribution in [0.4, 0.5) is 0 Å². The second kappa shape index (κ2) is 9.23. The fourth-order valence-electron chi connectivity index (χ4n) is 4.32. The standard InChI is InChI=1S/C25H21Cl2NO3/c1-31-25(30)23-20(15-7-11-18(26)12-8-15)21(24(29)17-5-3-2-4-6-17)22(28-23)16-9-13-19(27)14-10-16/h2-14,20-23,28H,1H3/t20-,21-,22-,23-/m0/s1. The van der Waals surface area contributed by atoms with Crippen molar-refractivity contribution in [3.63, 3.8) is 0 Å². The van der Waals surface area contributed by atoms with Crippen LogP contribution in [0, 0.1) is 5.92 Å². The molecule has 1 aliphatic rings. The fourth-order valence-corrected chi connectivity index (χ4v) is 4.58. The van der Waals surface area contributed by atoms with Gasteiger partial charge in [0.1, 0.15) is 6.04 Å². The zero-order valence-electron chi connectivity index (χ0n) is 16.8. The van der Waals surface area contributed by atoms with Gasteiger partial charge >= 0.3 is 5.97 Å². The van der Waals surface area contributed by atoms with Crippen LogP contribution in [0.1, 0.15) is 33.4 Å². The Morgan fingerprint density at radius 1 is 0.806 bits per heavy atom. The number of esters is 1. The van der Waals surface area contributed by atoms with Crippen LogP contribution in [0.5, 0.6) is 0 Å². The number of carbonyl (C=O) groups excluding carboxylic acids is 2. The van der Waals surface area contributed by atoms with Gasteiger partial charge in [-0.1, -0.05) is 77.8 Å². The monoisotopic (exact) mass is 453 g/mol. The van der Waals surface area contributed by atoms with Crippen LogP contribution in [0.15, 0.2) is 78.9 Å². The lowest BCUT2D eigenvalue weighted by Gasteiger charge is -2.25. The van der Waals surface area contributed by atoms with E-state index in [9.17, 15) is 9.59 Å². The SMILES string of the molecule is COC(=O)[C@H]1N[C@@H](c2ccc(Cl)cc2)[C@@H](C(=O)c2ccccc2)[C@@H]1c1ccc(Cl)cc1. The summed E-state index contributed by atoms with van der Waals surface area (Å²) in [4.78, 5) is 26.5. The van der Waals surface area contributed by atoms with Crippen molar-refractivity contribution in [2.45, 2.75) is 18.0 Å². The minimum Gasteiger partial charge on any atom is -0.468 e. The maximum Gasteiger partial charge on any atom is 0.323 e. The van der Waals surface area contributed by atoms with Crippen molar-refractivity contribution in [2.75, 3.05) is 7.11 Å². The Labute approximate surface area is 191 Å². The fraction of sp³-hybridized carbons (Fsp3) is 0.200. The van der Waals surface area contributed by atoms with Gasteiger partial charge in [-0.25, -0.2) is 0 Å². The quantitative estimate of drug-likeness (QED) is 0.411. The first-order valence-corrected chi connectivity index (χ1v) is 10.7. The zero-order valence-corrected chi connectivity index (χ0v) is 18.3. The van der Waals surface area contributed by atoms with Crippen LogP contribution < -0.4 is 5.32 Å². The zero-order chi connectivity index (χ0) is 22.0. The number of hydrogen-bond acceptors (Lipinski definition) is 4. The number of Topliss-reactive ketones (excluding diaryl/α,β-unsaturated/α-hetero) is 1. The van der Waals surface area contributed by atoms with Crippen molar-refractivity contribution in [1.29, 1.82) is 0 Å². The molecule has 0 bridgehead atoms. The number of methoxy groups -OCH3 is 1. The summed E-state index contributed by atoms with van der Waals surface area (Å²) in [5.74, 6) is -1.42. The van der Waals surface area contributed by atoms with E-state index in [-0.39, 0.29) is 5.78 Å². The van der Waals surface area contributed by atoms with Crippen molar-refractivity contribution < 1.29 is 14.3 Å². The third-order valence-electron chi connectivity index (χ3n) is 5.76. The van der Waals surface area contributed by atoms with Crippen LogP contribution in [-0.4, -0.2) is 24.9 Å². The highest BCUT2D eigenvalue weighted by Crippen LogP contribution is 2.45. The maximum atomic E-state index is 13.8. The highest BCUT2D eigenvalue weighted by atomic mass is 35.5. The van der Waals surface area contributed by atoms with Gasteiger partial charge in [-0.05, 0) is 35.4 Å². The molecule has 0 aromatic heterocycles. The Balaban J connectivity index is 1.85. The van der Waals surface area contributed by atoms with Gasteiger partial charge in [0.15, 0.2) is 5.78 Å². The largest absolute Gasteiger partial charge is 0.468 e. The summed E-state index contributed by atoms with van der Waals surface area (Å²) in [7, 11) is 1.35. The predicted molar refractivity (Wildman–Crippen MR) is 122 cm³/mol. The van der Waals surface area contributed by atoms with Crippen molar-refractivity contribution in [3.05, 3.63) is 106 Å². The minimum atomic E-state index is -0.690. The lowest BCUT2D eigenvalue weighted by atomic mass is 9.76. The predicted octanol–water partition coefficient (Wildman–Crippen LogP) is 5.46. The third kappa shape index (κ3) is 4.38. The van der Waals surface area contributed by atoms with Crippen molar-refractivity contribution >= 4 is 35.0 Å². The number of halogens is 2. The Morgan fingerprint density at radius 2 is 1.35 bits per heavy atom. The molecule has 4 rings (SSSR count). The molecular formula is C25H21Cl2NO3. The first-order chi connectivity index (χ1) is 15.0. The van der Waals surface area contributed by atoms with E-state index in [1.807, 2.05) is 42.5 Å². The molecule has 4 nitrogen and oxygen atoms in total. The molecular weight excluding hydrogens is 433 g/mol. The summed E-state index contributed by atoms with van der Waals surface area (Å²) in [5.41, 5.74) is 2.32. The van der Waals surface area contributed by atoms with Crippen LogP contribution in [0.25, 0.3) is 0 Å². The van der Waals surface area contributed by atoms with Gasteiger partial charge in [0.25, 0.3) is 0 Å². The molecule has 1 fully saturated rings. The van der Waals surface area contributed by atoms with E-state index in [0.29, 0.717) is 15.6 Å². The third-order valence-corrected chi connectivity index (χ3v) is 6.27. The van der Waals surface area contributed by atoms with E-state index >= 15 is 0 Å². The number of ketones is 1. The van der Waals surface area contributed by atoms with Gasteiger partial charge in [-0.3, -0.25) is 14.9 Å². The molecule has 3 aromatic carbocycles. The van der Waals surface area contributed by atoms with E-state index in [1.165, 1.54) is 7.11 Å². The first-order valence-electron chi connectivity index (χ1n) is 9.93. The molecule has 0 radical (unpaired) electrons. The van der Waals surface area contributed by atoms with Crippen molar-refractivity contribution in [3.8, 4) is 0 Å². The number of carbonyl (C=O) groups is 2. The number of benzene rings is 3. The van der Waals surface area contributed by atoms with E-state index < -0.39 is 29.9 Å². The number of ether oxygens (including phenoxy) is 1. The Kier molecular flexibility index (Phi) is 6.42. The average Bonchev–Trinajstić information content (AvgIpc) is 3.20. The molecule has 1 N–H and O–H groups in total. The van der Waals surface area contributed by atoms with Gasteiger partial charge < -0.3 is 4.74 Å². The number of nitrogens with one attached hydrogen (secondary N) is 1. The normalized spacial score (nSPS) is 22.8. The summed E-state index contributed by atoms with van der Waals surface area (Å²) in [5, 5.41) is 4.56. The molecule has 1 saturated heterocycles. The molecule has 4 atom stereocenters. The smallest absolute Gasteiger partial charge is 0.323 e. The van der Waals surface area contributed by atoms with Crippen molar-refractivity contribution in [1.82, 2.24) is 5.32 Å². The number of rotatable bonds is 5. The second-order valence-electron chi connectivity index (χ2n) is 7.53. The maximum absolute atomic E-state index is 13.8. The number of hydrogen-bond donors (Lipinski definition) is 1. The first kappa shape index (κ1) is 21.6. The van der Waals surface area contributed by atoms with Crippen LogP contribution in [0.2, 0.25) is 10.0 Å². The lowest BCUT2D eigenvalue weighted by molar-refractivity contribution is -0.143. The van der Waals surface area contributed by atoms with Gasteiger partial charge in [0.05, 0.1) is 13.0 Å². The molecule has 3 aromatic rings. The molecule has 0 amide bonds. The lowest BCUT2D eigenvalue weighted by Crippen LogP contribution is -2.36. The summed E-state index contributed by atoms with van der Waals surface area (Å²) >= 11 is 12.2. The molecule has 0 saturated carbocycles. The molecule has 0 spiro atoms. The Morgan fingerprint density at radius 3 is 1.90 bits per heavy atom. The molecule has 0 aliphatic carbocycles. The highest BCUT2D eigenvalue weighted by molar-refractivity contribution is 6.30. The van der Waals surface area contributed by atoms with Crippen molar-refractivity contribution in [2.24, 2.45) is 5.92 Å². The molecule has 1 heterocycles. The van der Waals surface area contributed by atoms with Crippen LogP contribution in [0.3, 0.4) is 0 Å². The van der Waals surface area contributed by atoms with E-state index in [1.54, 1.807) is 36.4 Å². The summed E-state index contributed by atoms with van der Waals surface area (Å²) < 4.78 is 5.09. The van der Waals surface area contributed by atoms with E-state index in [4.69, 9.17) is 27.9 Å². The molecule has 31 heavy (non-hydrogen) atoms. The minimum absolute atomic E-state index is 0.0422. The van der Waals surface area contributed by atoms with E-state index in [0.717, 1.165) is 11.1 Å². The Bertz CT molecular complexity index is 1070. The molecule has 1 aliphatic heterocycles. The molecule has 6 heteroatoms. The van der Waals surface area contributed by atoms with Crippen LogP contribution in [-0.2, 0) is 9.53 Å². The van der Waals surface area contributed by atoms with Crippen LogP contribution >= 0.6 is 23.2 Å². The van der Waals surface area contributed by atoms with Gasteiger partial charge in [0.2, 0.25) is 0 Å². The summed E-state index contributed by atoms with van der Waals surface area (Å²) in [6.07, 6.45) is 0. The van der Waals surface area contributed by atoms with Gasteiger partial charge in [-0.15, -0.1) is 0 Å². The highest BCUT2D eigenvalue weighted by Gasteiger charge is 2.51. The van der Waals surface area contributed by atoms with E-state index in [2.05, 4.69) is 5.32 Å². The average molecular weight is 454 g/mol. The second-order valence-corrected chi connectivity index (χ2v) is 8.40. The summed E-state index contributed by atoms with van der Waals surface area (Å²) in [6.45, 7) is 0.